The fourth-order valence-electron chi connectivity index (χ4n) is 3.20. The molecule has 1 aliphatic rings. The normalized spacial score (nSPS) is 20.6. The van der Waals surface area contributed by atoms with Crippen molar-refractivity contribution < 1.29 is 13.2 Å². The summed E-state index contributed by atoms with van der Waals surface area (Å²) in [5.74, 6) is -3.75. The van der Waals surface area contributed by atoms with Gasteiger partial charge in [0.15, 0.2) is 0 Å². The summed E-state index contributed by atoms with van der Waals surface area (Å²) < 4.78 is 42.0. The fraction of sp³-hybridized carbons (Fsp3) is 0.263. The standard InChI is InChI=1S/C19H17F3N2/c1-10-4-6-13(7-5-10)17-11(2)23-24-12(3)18(17)19-15(21)8-14(20)9-16(19)22/h4-9,17-18H,1-3H3. The van der Waals surface area contributed by atoms with Crippen molar-refractivity contribution in [2.24, 2.45) is 10.2 Å². The van der Waals surface area contributed by atoms with Crippen LogP contribution in [0.1, 0.15) is 42.4 Å². The van der Waals surface area contributed by atoms with Gasteiger partial charge in [-0.15, -0.1) is 0 Å². The summed E-state index contributed by atoms with van der Waals surface area (Å²) in [7, 11) is 0. The minimum atomic E-state index is -0.934. The van der Waals surface area contributed by atoms with E-state index in [1.807, 2.05) is 31.2 Å². The molecule has 2 unspecified atom stereocenters. The van der Waals surface area contributed by atoms with E-state index in [1.54, 1.807) is 13.8 Å². The van der Waals surface area contributed by atoms with Crippen molar-refractivity contribution in [2.45, 2.75) is 32.6 Å². The molecule has 2 atom stereocenters. The molecule has 1 aliphatic heterocycles. The van der Waals surface area contributed by atoms with Crippen molar-refractivity contribution in [1.29, 1.82) is 0 Å². The van der Waals surface area contributed by atoms with Gasteiger partial charge in [-0.1, -0.05) is 29.8 Å². The fourth-order valence-corrected chi connectivity index (χ4v) is 3.20. The Balaban J connectivity index is 2.18. The van der Waals surface area contributed by atoms with Crippen molar-refractivity contribution in [3.63, 3.8) is 0 Å². The van der Waals surface area contributed by atoms with Gasteiger partial charge in [0.05, 0.1) is 0 Å². The van der Waals surface area contributed by atoms with Crippen LogP contribution >= 0.6 is 0 Å². The Morgan fingerprint density at radius 2 is 1.25 bits per heavy atom. The molecule has 0 N–H and O–H groups in total. The van der Waals surface area contributed by atoms with Crippen molar-refractivity contribution >= 4 is 11.4 Å². The van der Waals surface area contributed by atoms with Crippen molar-refractivity contribution in [1.82, 2.24) is 0 Å². The van der Waals surface area contributed by atoms with Gasteiger partial charge >= 0.3 is 0 Å². The first-order valence-electron chi connectivity index (χ1n) is 7.68. The van der Waals surface area contributed by atoms with E-state index >= 15 is 0 Å². The smallest absolute Gasteiger partial charge is 0.132 e. The Hall–Kier alpha value is -2.43. The molecule has 0 radical (unpaired) electrons. The minimum absolute atomic E-state index is 0.169. The van der Waals surface area contributed by atoms with E-state index in [2.05, 4.69) is 10.2 Å². The third kappa shape index (κ3) is 2.86. The topological polar surface area (TPSA) is 24.7 Å². The molecule has 2 nitrogen and oxygen atoms in total. The average Bonchev–Trinajstić information content (AvgIpc) is 2.51. The molecule has 0 bridgehead atoms. The maximum absolute atomic E-state index is 14.4. The second-order valence-electron chi connectivity index (χ2n) is 6.13. The molecule has 24 heavy (non-hydrogen) atoms. The van der Waals surface area contributed by atoms with E-state index in [9.17, 15) is 13.2 Å². The molecule has 2 aromatic rings. The third-order valence-electron chi connectivity index (χ3n) is 4.39. The highest BCUT2D eigenvalue weighted by atomic mass is 19.1. The average molecular weight is 330 g/mol. The summed E-state index contributed by atoms with van der Waals surface area (Å²) in [6.45, 7) is 5.44. The first-order chi connectivity index (χ1) is 11.4. The lowest BCUT2D eigenvalue weighted by molar-refractivity contribution is 0.513. The monoisotopic (exact) mass is 330 g/mol. The second-order valence-corrected chi connectivity index (χ2v) is 6.13. The maximum atomic E-state index is 14.4. The maximum Gasteiger partial charge on any atom is 0.132 e. The summed E-state index contributed by atoms with van der Waals surface area (Å²) in [6, 6.07) is 9.14. The molecule has 0 saturated heterocycles. The van der Waals surface area contributed by atoms with Crippen LogP contribution in [0.25, 0.3) is 0 Å². The molecule has 0 saturated carbocycles. The lowest BCUT2D eigenvalue weighted by atomic mass is 9.75. The Labute approximate surface area is 138 Å². The zero-order chi connectivity index (χ0) is 17.4. The minimum Gasteiger partial charge on any atom is -0.207 e. The summed E-state index contributed by atoms with van der Waals surface area (Å²) in [5.41, 5.74) is 2.97. The molecule has 0 amide bonds. The van der Waals surface area contributed by atoms with E-state index in [0.717, 1.165) is 11.1 Å². The van der Waals surface area contributed by atoms with E-state index in [1.165, 1.54) is 0 Å². The first-order valence-corrected chi connectivity index (χ1v) is 7.68. The number of hydrogen-bond donors (Lipinski definition) is 0. The molecular formula is C19H17F3N2. The number of aryl methyl sites for hydroxylation is 1. The summed E-state index contributed by atoms with van der Waals surface area (Å²) in [4.78, 5) is 0. The van der Waals surface area contributed by atoms with Gasteiger partial charge in [-0.2, -0.15) is 10.2 Å². The van der Waals surface area contributed by atoms with Gasteiger partial charge in [-0.05, 0) is 26.3 Å². The third-order valence-corrected chi connectivity index (χ3v) is 4.39. The number of hydrogen-bond acceptors (Lipinski definition) is 2. The molecule has 1 heterocycles. The van der Waals surface area contributed by atoms with Gasteiger partial charge in [-0.3, -0.25) is 0 Å². The number of benzene rings is 2. The molecule has 0 aliphatic carbocycles. The molecule has 5 heteroatoms. The van der Waals surface area contributed by atoms with Gasteiger partial charge in [0.1, 0.15) is 17.5 Å². The molecule has 0 spiro atoms. The van der Waals surface area contributed by atoms with Gasteiger partial charge in [-0.25, -0.2) is 13.2 Å². The Bertz CT molecular complexity index is 815. The molecule has 124 valence electrons. The predicted octanol–water partition coefficient (Wildman–Crippen LogP) is 5.13. The number of rotatable bonds is 2. The summed E-state index contributed by atoms with van der Waals surface area (Å²) >= 11 is 0. The van der Waals surface area contributed by atoms with Crippen LogP contribution < -0.4 is 0 Å². The SMILES string of the molecule is CC1=NN=C(C)C(c2c(F)cc(F)cc2F)C1c1ccc(C)cc1. The molecule has 2 aromatic carbocycles. The molecule has 0 aromatic heterocycles. The van der Waals surface area contributed by atoms with Crippen LogP contribution in [0.2, 0.25) is 0 Å². The predicted molar refractivity (Wildman–Crippen MR) is 89.2 cm³/mol. The number of halogens is 3. The van der Waals surface area contributed by atoms with Crippen LogP contribution in [0.3, 0.4) is 0 Å². The zero-order valence-electron chi connectivity index (χ0n) is 13.6. The lowest BCUT2D eigenvalue weighted by Crippen LogP contribution is -2.28. The molecule has 3 rings (SSSR count). The van der Waals surface area contributed by atoms with Gasteiger partial charge in [0.25, 0.3) is 0 Å². The molecular weight excluding hydrogens is 313 g/mol. The quantitative estimate of drug-likeness (QED) is 0.729. The van der Waals surface area contributed by atoms with E-state index < -0.39 is 23.4 Å². The first kappa shape index (κ1) is 16.4. The van der Waals surface area contributed by atoms with Gasteiger partial charge < -0.3 is 0 Å². The van der Waals surface area contributed by atoms with Crippen LogP contribution in [0.15, 0.2) is 46.6 Å². The highest BCUT2D eigenvalue weighted by molar-refractivity contribution is 6.02. The lowest BCUT2D eigenvalue weighted by Gasteiger charge is -2.30. The van der Waals surface area contributed by atoms with E-state index in [4.69, 9.17) is 0 Å². The van der Waals surface area contributed by atoms with E-state index in [0.29, 0.717) is 23.6 Å². The van der Waals surface area contributed by atoms with Crippen LogP contribution in [-0.4, -0.2) is 11.4 Å². The highest BCUT2D eigenvalue weighted by Crippen LogP contribution is 2.40. The van der Waals surface area contributed by atoms with Crippen LogP contribution in [0.4, 0.5) is 13.2 Å². The Morgan fingerprint density at radius 3 is 1.79 bits per heavy atom. The van der Waals surface area contributed by atoms with Crippen LogP contribution in [-0.2, 0) is 0 Å². The van der Waals surface area contributed by atoms with Crippen LogP contribution in [0, 0.1) is 24.4 Å². The summed E-state index contributed by atoms with van der Waals surface area (Å²) in [6.07, 6.45) is 0. The van der Waals surface area contributed by atoms with Gasteiger partial charge in [0.2, 0.25) is 0 Å². The van der Waals surface area contributed by atoms with Crippen molar-refractivity contribution in [2.75, 3.05) is 0 Å². The Morgan fingerprint density at radius 1 is 0.750 bits per heavy atom. The molecule has 0 fully saturated rings. The van der Waals surface area contributed by atoms with Gasteiger partial charge in [0, 0.05) is 41.0 Å². The van der Waals surface area contributed by atoms with Crippen molar-refractivity contribution in [3.05, 3.63) is 70.5 Å². The Kier molecular flexibility index (Phi) is 4.26. The number of nitrogens with zero attached hydrogens (tertiary/aromatic N) is 2. The zero-order valence-corrected chi connectivity index (χ0v) is 13.6. The van der Waals surface area contributed by atoms with Crippen molar-refractivity contribution in [3.8, 4) is 0 Å². The van der Waals surface area contributed by atoms with Crippen LogP contribution in [0.5, 0.6) is 0 Å². The summed E-state index contributed by atoms with van der Waals surface area (Å²) in [5, 5.41) is 8.17. The second kappa shape index (κ2) is 6.23. The largest absolute Gasteiger partial charge is 0.207 e. The highest BCUT2D eigenvalue weighted by Gasteiger charge is 2.36. The van der Waals surface area contributed by atoms with E-state index in [-0.39, 0.29) is 11.5 Å².